The van der Waals surface area contributed by atoms with Crippen LogP contribution in [-0.4, -0.2) is 61.5 Å². The van der Waals surface area contributed by atoms with Gasteiger partial charge in [-0.25, -0.2) is 0 Å². The van der Waals surface area contributed by atoms with E-state index in [0.29, 0.717) is 45.1 Å². The molecule has 0 spiro atoms. The number of nitrogens with zero attached hydrogens (tertiary/aromatic N) is 2. The van der Waals surface area contributed by atoms with Crippen LogP contribution in [0.15, 0.2) is 24.3 Å². The molecular weight excluding hydrogens is 316 g/mol. The Labute approximate surface area is 150 Å². The van der Waals surface area contributed by atoms with Gasteiger partial charge in [0, 0.05) is 26.7 Å². The molecule has 3 aliphatic rings. The van der Waals surface area contributed by atoms with Gasteiger partial charge in [-0.3, -0.25) is 9.59 Å². The molecule has 1 fully saturated rings. The lowest BCUT2D eigenvalue weighted by Gasteiger charge is -2.36. The van der Waals surface area contributed by atoms with Gasteiger partial charge in [0.25, 0.3) is 0 Å². The fourth-order valence-electron chi connectivity index (χ4n) is 4.16. The van der Waals surface area contributed by atoms with E-state index in [1.165, 1.54) is 0 Å². The molecule has 1 aliphatic heterocycles. The van der Waals surface area contributed by atoms with E-state index in [4.69, 9.17) is 4.74 Å². The summed E-state index contributed by atoms with van der Waals surface area (Å²) >= 11 is 0. The molecule has 0 radical (unpaired) electrons. The highest BCUT2D eigenvalue weighted by Gasteiger charge is 2.38. The number of rotatable bonds is 4. The summed E-state index contributed by atoms with van der Waals surface area (Å²) in [7, 11) is 1.90. The van der Waals surface area contributed by atoms with Crippen LogP contribution in [0.4, 0.5) is 0 Å². The highest BCUT2D eigenvalue weighted by Crippen LogP contribution is 2.30. The summed E-state index contributed by atoms with van der Waals surface area (Å²) in [6.45, 7) is 3.28. The van der Waals surface area contributed by atoms with Crippen molar-refractivity contribution >= 4 is 11.8 Å². The number of morpholine rings is 1. The second-order valence-electron chi connectivity index (χ2n) is 7.46. The van der Waals surface area contributed by atoms with Gasteiger partial charge in [0.2, 0.25) is 11.8 Å². The average molecular weight is 346 g/mol. The Morgan fingerprint density at radius 2 is 1.72 bits per heavy atom. The van der Waals surface area contributed by atoms with E-state index in [2.05, 4.69) is 24.3 Å². The van der Waals surface area contributed by atoms with Crippen molar-refractivity contribution < 1.29 is 14.3 Å². The van der Waals surface area contributed by atoms with E-state index in [1.54, 1.807) is 0 Å². The zero-order valence-corrected chi connectivity index (χ0v) is 15.2. The molecular formula is C20H30N2O3. The summed E-state index contributed by atoms with van der Waals surface area (Å²) in [5, 5.41) is 0. The molecule has 2 aliphatic carbocycles. The molecule has 0 bridgehead atoms. The smallest absolute Gasteiger partial charge is 0.226 e. The van der Waals surface area contributed by atoms with Gasteiger partial charge < -0.3 is 14.5 Å². The predicted octanol–water partition coefficient (Wildman–Crippen LogP) is 2.24. The average Bonchev–Trinajstić information content (AvgIpc) is 2.68. The van der Waals surface area contributed by atoms with Crippen molar-refractivity contribution in [2.45, 2.75) is 32.1 Å². The van der Waals surface area contributed by atoms with Crippen LogP contribution in [0.25, 0.3) is 0 Å². The Kier molecular flexibility index (Phi) is 6.29. The van der Waals surface area contributed by atoms with Crippen molar-refractivity contribution in [3.05, 3.63) is 24.3 Å². The number of amides is 2. The topological polar surface area (TPSA) is 49.9 Å². The molecule has 25 heavy (non-hydrogen) atoms. The molecule has 0 N–H and O–H groups in total. The lowest BCUT2D eigenvalue weighted by molar-refractivity contribution is -0.148. The van der Waals surface area contributed by atoms with Gasteiger partial charge in [0.15, 0.2) is 0 Å². The zero-order chi connectivity index (χ0) is 17.6. The monoisotopic (exact) mass is 346 g/mol. The van der Waals surface area contributed by atoms with E-state index in [-0.39, 0.29) is 23.7 Å². The van der Waals surface area contributed by atoms with Crippen molar-refractivity contribution in [1.82, 2.24) is 9.80 Å². The number of ether oxygens (including phenoxy) is 1. The van der Waals surface area contributed by atoms with Crippen molar-refractivity contribution in [3.8, 4) is 0 Å². The molecule has 0 saturated carbocycles. The molecule has 5 heteroatoms. The minimum absolute atomic E-state index is 0.125. The summed E-state index contributed by atoms with van der Waals surface area (Å²) in [6.07, 6.45) is 13.2. The van der Waals surface area contributed by atoms with Crippen LogP contribution in [-0.2, 0) is 14.3 Å². The van der Waals surface area contributed by atoms with Crippen LogP contribution in [0.5, 0.6) is 0 Å². The van der Waals surface area contributed by atoms with Crippen LogP contribution < -0.4 is 0 Å². The van der Waals surface area contributed by atoms with E-state index in [0.717, 1.165) is 25.8 Å². The minimum Gasteiger partial charge on any atom is -0.378 e. The SMILES string of the molecule is CN(C[C@@H]1CC=CCC1)C(=O)[C@@H]1CC=CC[C@H]1C(=O)N1CCOCC1. The maximum Gasteiger partial charge on any atom is 0.226 e. The molecule has 1 heterocycles. The first kappa shape index (κ1) is 18.2. The van der Waals surface area contributed by atoms with Crippen molar-refractivity contribution in [3.63, 3.8) is 0 Å². The number of allylic oxidation sites excluding steroid dienone is 4. The summed E-state index contributed by atoms with van der Waals surface area (Å²) in [5.41, 5.74) is 0. The lowest BCUT2D eigenvalue weighted by Crippen LogP contribution is -2.49. The first-order chi connectivity index (χ1) is 12.2. The van der Waals surface area contributed by atoms with E-state index >= 15 is 0 Å². The van der Waals surface area contributed by atoms with Gasteiger partial charge in [-0.1, -0.05) is 24.3 Å². The molecule has 0 aromatic heterocycles. The lowest BCUT2D eigenvalue weighted by atomic mass is 9.80. The van der Waals surface area contributed by atoms with E-state index < -0.39 is 0 Å². The fraction of sp³-hybridized carbons (Fsp3) is 0.700. The van der Waals surface area contributed by atoms with Gasteiger partial charge in [-0.15, -0.1) is 0 Å². The van der Waals surface area contributed by atoms with Crippen LogP contribution in [0, 0.1) is 17.8 Å². The molecule has 5 nitrogen and oxygen atoms in total. The largest absolute Gasteiger partial charge is 0.378 e. The van der Waals surface area contributed by atoms with Gasteiger partial charge in [-0.05, 0) is 38.0 Å². The van der Waals surface area contributed by atoms with Gasteiger partial charge in [0.1, 0.15) is 0 Å². The number of carbonyl (C=O) groups is 2. The van der Waals surface area contributed by atoms with Crippen LogP contribution in [0.2, 0.25) is 0 Å². The third-order valence-electron chi connectivity index (χ3n) is 5.68. The minimum atomic E-state index is -0.218. The fourth-order valence-corrected chi connectivity index (χ4v) is 4.16. The zero-order valence-electron chi connectivity index (χ0n) is 15.2. The molecule has 3 rings (SSSR count). The van der Waals surface area contributed by atoms with E-state index in [9.17, 15) is 9.59 Å². The normalized spacial score (nSPS) is 29.5. The summed E-state index contributed by atoms with van der Waals surface area (Å²) in [4.78, 5) is 29.7. The summed E-state index contributed by atoms with van der Waals surface area (Å²) in [5.74, 6) is 0.366. The maximum atomic E-state index is 13.0. The van der Waals surface area contributed by atoms with E-state index in [1.807, 2.05) is 16.8 Å². The van der Waals surface area contributed by atoms with Crippen molar-refractivity contribution in [1.29, 1.82) is 0 Å². The predicted molar refractivity (Wildman–Crippen MR) is 96.9 cm³/mol. The highest BCUT2D eigenvalue weighted by atomic mass is 16.5. The first-order valence-electron chi connectivity index (χ1n) is 9.58. The van der Waals surface area contributed by atoms with Crippen molar-refractivity contribution in [2.75, 3.05) is 39.9 Å². The molecule has 1 saturated heterocycles. The third kappa shape index (κ3) is 4.51. The second-order valence-corrected chi connectivity index (χ2v) is 7.46. The standard InChI is InChI=1S/C20H30N2O3/c1-21(15-16-7-3-2-4-8-16)19(23)17-9-5-6-10-18(17)20(24)22-11-13-25-14-12-22/h2-3,5-6,16-18H,4,7-15H2,1H3/t16-,17-,18-/m1/s1. The van der Waals surface area contributed by atoms with Crippen LogP contribution in [0.1, 0.15) is 32.1 Å². The Bertz CT molecular complexity index is 537. The molecule has 2 amide bonds. The number of hydrogen-bond donors (Lipinski definition) is 0. The van der Waals surface area contributed by atoms with Gasteiger partial charge in [-0.2, -0.15) is 0 Å². The number of hydrogen-bond acceptors (Lipinski definition) is 3. The molecule has 3 atom stereocenters. The molecule has 0 aromatic carbocycles. The highest BCUT2D eigenvalue weighted by molar-refractivity contribution is 5.88. The summed E-state index contributed by atoms with van der Waals surface area (Å²) < 4.78 is 5.35. The first-order valence-corrected chi connectivity index (χ1v) is 9.58. The Morgan fingerprint density at radius 1 is 1.04 bits per heavy atom. The third-order valence-corrected chi connectivity index (χ3v) is 5.68. The Hall–Kier alpha value is -1.62. The second kappa shape index (κ2) is 8.65. The Morgan fingerprint density at radius 3 is 2.40 bits per heavy atom. The molecule has 0 unspecified atom stereocenters. The van der Waals surface area contributed by atoms with Crippen molar-refractivity contribution in [2.24, 2.45) is 17.8 Å². The summed E-state index contributed by atoms with van der Waals surface area (Å²) in [6, 6.07) is 0. The quantitative estimate of drug-likeness (QED) is 0.734. The van der Waals surface area contributed by atoms with Crippen LogP contribution >= 0.6 is 0 Å². The maximum absolute atomic E-state index is 13.0. The Balaban J connectivity index is 1.62. The van der Waals surface area contributed by atoms with Gasteiger partial charge in [0.05, 0.1) is 25.0 Å². The van der Waals surface area contributed by atoms with Gasteiger partial charge >= 0.3 is 0 Å². The van der Waals surface area contributed by atoms with Crippen LogP contribution in [0.3, 0.4) is 0 Å². The number of carbonyl (C=O) groups excluding carboxylic acids is 2. The molecule has 138 valence electrons. The molecule has 0 aromatic rings.